The lowest BCUT2D eigenvalue weighted by molar-refractivity contribution is 0.0952. The summed E-state index contributed by atoms with van der Waals surface area (Å²) in [6.07, 6.45) is 2.54. The van der Waals surface area contributed by atoms with Gasteiger partial charge in [0.05, 0.1) is 16.6 Å². The fraction of sp³-hybridized carbons (Fsp3) is 0.381. The molecule has 1 aromatic carbocycles. The van der Waals surface area contributed by atoms with E-state index in [1.807, 2.05) is 27.0 Å². The fourth-order valence-corrected chi connectivity index (χ4v) is 3.83. The summed E-state index contributed by atoms with van der Waals surface area (Å²) in [5.74, 6) is -0.0924. The van der Waals surface area contributed by atoms with Crippen molar-refractivity contribution >= 4 is 22.6 Å². The van der Waals surface area contributed by atoms with E-state index >= 15 is 0 Å². The highest BCUT2D eigenvalue weighted by molar-refractivity contribution is 6.06. The highest BCUT2D eigenvalue weighted by atomic mass is 16.1. The van der Waals surface area contributed by atoms with Crippen molar-refractivity contribution in [2.75, 3.05) is 18.0 Å². The van der Waals surface area contributed by atoms with Gasteiger partial charge < -0.3 is 10.2 Å². The molecule has 0 atom stereocenters. The summed E-state index contributed by atoms with van der Waals surface area (Å²) in [7, 11) is 1.85. The Morgan fingerprint density at radius 1 is 1.15 bits per heavy atom. The molecule has 1 saturated heterocycles. The molecular formula is C21H25N5O. The zero-order valence-corrected chi connectivity index (χ0v) is 16.1. The molecule has 6 nitrogen and oxygen atoms in total. The van der Waals surface area contributed by atoms with Gasteiger partial charge in [-0.2, -0.15) is 5.10 Å². The van der Waals surface area contributed by atoms with E-state index in [0.29, 0.717) is 12.1 Å². The molecule has 3 heterocycles. The van der Waals surface area contributed by atoms with Crippen LogP contribution < -0.4 is 10.2 Å². The second-order valence-electron chi connectivity index (χ2n) is 7.26. The summed E-state index contributed by atoms with van der Waals surface area (Å²) in [6.45, 7) is 6.58. The number of anilines is 1. The second-order valence-corrected chi connectivity index (χ2v) is 7.26. The maximum atomic E-state index is 12.8. The van der Waals surface area contributed by atoms with Gasteiger partial charge in [-0.1, -0.05) is 12.1 Å². The fourth-order valence-electron chi connectivity index (χ4n) is 3.83. The summed E-state index contributed by atoms with van der Waals surface area (Å²) in [6, 6.07) is 10.3. The molecule has 0 saturated carbocycles. The third-order valence-electron chi connectivity index (χ3n) is 5.20. The van der Waals surface area contributed by atoms with Crippen LogP contribution in [-0.2, 0) is 13.6 Å². The topological polar surface area (TPSA) is 63.1 Å². The summed E-state index contributed by atoms with van der Waals surface area (Å²) < 4.78 is 1.73. The molecule has 2 aromatic heterocycles. The number of nitrogens with zero attached hydrogens (tertiary/aromatic N) is 4. The average Bonchev–Trinajstić information content (AvgIpc) is 3.28. The standard InChI is InChI=1S/C21H25N5O/c1-14-12-18(19-15(2)24-25(3)20(19)23-14)21(27)22-13-16-6-8-17(9-7-16)26-10-4-5-11-26/h6-9,12H,4-5,10-11,13H2,1-3H3,(H,22,27). The van der Waals surface area contributed by atoms with Crippen molar-refractivity contribution in [1.82, 2.24) is 20.1 Å². The normalized spacial score (nSPS) is 14.1. The number of carbonyl (C=O) groups is 1. The first-order chi connectivity index (χ1) is 13.0. The van der Waals surface area contributed by atoms with Crippen molar-refractivity contribution in [3.8, 4) is 0 Å². The summed E-state index contributed by atoms with van der Waals surface area (Å²) in [5, 5.41) is 8.28. The van der Waals surface area contributed by atoms with Crippen LogP contribution in [0.15, 0.2) is 30.3 Å². The number of amides is 1. The predicted molar refractivity (Wildman–Crippen MR) is 107 cm³/mol. The smallest absolute Gasteiger partial charge is 0.252 e. The maximum Gasteiger partial charge on any atom is 0.252 e. The lowest BCUT2D eigenvalue weighted by Gasteiger charge is -2.17. The molecule has 1 aliphatic rings. The molecule has 1 amide bonds. The molecule has 0 bridgehead atoms. The first-order valence-electron chi connectivity index (χ1n) is 9.46. The minimum Gasteiger partial charge on any atom is -0.372 e. The zero-order valence-electron chi connectivity index (χ0n) is 16.1. The Balaban J connectivity index is 1.50. The number of carbonyl (C=O) groups excluding carboxylic acids is 1. The Kier molecular flexibility index (Phi) is 4.56. The van der Waals surface area contributed by atoms with Crippen LogP contribution in [0.5, 0.6) is 0 Å². The minimum atomic E-state index is -0.0924. The minimum absolute atomic E-state index is 0.0924. The summed E-state index contributed by atoms with van der Waals surface area (Å²) in [4.78, 5) is 19.8. The van der Waals surface area contributed by atoms with Crippen molar-refractivity contribution in [3.63, 3.8) is 0 Å². The van der Waals surface area contributed by atoms with Crippen LogP contribution in [0, 0.1) is 13.8 Å². The Bertz CT molecular complexity index is 984. The number of rotatable bonds is 4. The molecule has 4 rings (SSSR count). The molecule has 1 N–H and O–H groups in total. The van der Waals surface area contributed by atoms with Gasteiger partial charge in [-0.15, -0.1) is 0 Å². The van der Waals surface area contributed by atoms with Crippen molar-refractivity contribution in [2.45, 2.75) is 33.2 Å². The molecule has 0 unspecified atom stereocenters. The lowest BCUT2D eigenvalue weighted by Crippen LogP contribution is -2.23. The molecule has 0 spiro atoms. The third-order valence-corrected chi connectivity index (χ3v) is 5.20. The van der Waals surface area contributed by atoms with E-state index in [1.165, 1.54) is 18.5 Å². The number of benzene rings is 1. The zero-order chi connectivity index (χ0) is 19.0. The number of aromatic nitrogens is 3. The van der Waals surface area contributed by atoms with Crippen LogP contribution in [0.3, 0.4) is 0 Å². The van der Waals surface area contributed by atoms with E-state index in [4.69, 9.17) is 0 Å². The lowest BCUT2D eigenvalue weighted by atomic mass is 10.1. The van der Waals surface area contributed by atoms with E-state index in [0.717, 1.165) is 41.1 Å². The molecule has 140 valence electrons. The van der Waals surface area contributed by atoms with Crippen molar-refractivity contribution in [3.05, 3.63) is 52.8 Å². The molecule has 0 aliphatic carbocycles. The molecular weight excluding hydrogens is 338 g/mol. The Labute approximate surface area is 159 Å². The van der Waals surface area contributed by atoms with Gasteiger partial charge in [0.2, 0.25) is 0 Å². The van der Waals surface area contributed by atoms with Gasteiger partial charge in [-0.25, -0.2) is 4.98 Å². The van der Waals surface area contributed by atoms with Gasteiger partial charge in [-0.3, -0.25) is 9.48 Å². The van der Waals surface area contributed by atoms with E-state index < -0.39 is 0 Å². The number of aryl methyl sites for hydroxylation is 3. The van der Waals surface area contributed by atoms with Gasteiger partial charge in [-0.05, 0) is 50.5 Å². The first kappa shape index (κ1) is 17.5. The van der Waals surface area contributed by atoms with E-state index in [2.05, 4.69) is 44.6 Å². The molecule has 1 fully saturated rings. The number of hydrogen-bond acceptors (Lipinski definition) is 4. The monoisotopic (exact) mass is 363 g/mol. The Morgan fingerprint density at radius 2 is 1.85 bits per heavy atom. The number of fused-ring (bicyclic) bond motifs is 1. The van der Waals surface area contributed by atoms with Gasteiger partial charge in [0.15, 0.2) is 5.65 Å². The van der Waals surface area contributed by atoms with Crippen LogP contribution in [0.1, 0.15) is 40.2 Å². The van der Waals surface area contributed by atoms with Crippen molar-refractivity contribution in [2.24, 2.45) is 7.05 Å². The highest BCUT2D eigenvalue weighted by Crippen LogP contribution is 2.22. The van der Waals surface area contributed by atoms with Gasteiger partial charge >= 0.3 is 0 Å². The average molecular weight is 363 g/mol. The first-order valence-corrected chi connectivity index (χ1v) is 9.46. The van der Waals surface area contributed by atoms with E-state index in [1.54, 1.807) is 4.68 Å². The van der Waals surface area contributed by atoms with Crippen LogP contribution in [0.4, 0.5) is 5.69 Å². The van der Waals surface area contributed by atoms with Gasteiger partial charge in [0, 0.05) is 38.1 Å². The Morgan fingerprint density at radius 3 is 2.56 bits per heavy atom. The van der Waals surface area contributed by atoms with Crippen LogP contribution in [-0.4, -0.2) is 33.8 Å². The highest BCUT2D eigenvalue weighted by Gasteiger charge is 2.17. The van der Waals surface area contributed by atoms with Crippen LogP contribution in [0.2, 0.25) is 0 Å². The van der Waals surface area contributed by atoms with Crippen LogP contribution >= 0.6 is 0 Å². The molecule has 1 aliphatic heterocycles. The number of hydrogen-bond donors (Lipinski definition) is 1. The summed E-state index contributed by atoms with van der Waals surface area (Å²) >= 11 is 0. The summed E-state index contributed by atoms with van der Waals surface area (Å²) in [5.41, 5.74) is 5.37. The molecule has 27 heavy (non-hydrogen) atoms. The van der Waals surface area contributed by atoms with E-state index in [9.17, 15) is 4.79 Å². The molecule has 6 heteroatoms. The number of pyridine rings is 1. The van der Waals surface area contributed by atoms with Crippen molar-refractivity contribution in [1.29, 1.82) is 0 Å². The van der Waals surface area contributed by atoms with Crippen LogP contribution in [0.25, 0.3) is 11.0 Å². The van der Waals surface area contributed by atoms with E-state index in [-0.39, 0.29) is 5.91 Å². The van der Waals surface area contributed by atoms with Crippen molar-refractivity contribution < 1.29 is 4.79 Å². The third kappa shape index (κ3) is 3.39. The van der Waals surface area contributed by atoms with Gasteiger partial charge in [0.25, 0.3) is 5.91 Å². The maximum absolute atomic E-state index is 12.8. The Hall–Kier alpha value is -2.89. The number of nitrogens with one attached hydrogen (secondary N) is 1. The molecule has 3 aromatic rings. The largest absolute Gasteiger partial charge is 0.372 e. The second kappa shape index (κ2) is 7.02. The molecule has 0 radical (unpaired) electrons. The SMILES string of the molecule is Cc1cc(C(=O)NCc2ccc(N3CCCC3)cc2)c2c(C)nn(C)c2n1. The van der Waals surface area contributed by atoms with Gasteiger partial charge in [0.1, 0.15) is 0 Å². The quantitative estimate of drug-likeness (QED) is 0.774. The predicted octanol–water partition coefficient (Wildman–Crippen LogP) is 3.12.